The Labute approximate surface area is 100.0 Å². The average Bonchev–Trinajstić information content (AvgIpc) is 2.95. The molecule has 1 N–H and O–H groups in total. The topological polar surface area (TPSA) is 68.8 Å². The van der Waals surface area contributed by atoms with Crippen LogP contribution in [0.1, 0.15) is 24.7 Å². The van der Waals surface area contributed by atoms with E-state index in [0.29, 0.717) is 12.6 Å². The third kappa shape index (κ3) is 3.39. The summed E-state index contributed by atoms with van der Waals surface area (Å²) in [6, 6.07) is 2.33. The second kappa shape index (κ2) is 5.58. The molecule has 0 radical (unpaired) electrons. The summed E-state index contributed by atoms with van der Waals surface area (Å²) < 4.78 is 6.57. The molecule has 6 nitrogen and oxygen atoms in total. The Morgan fingerprint density at radius 3 is 3.00 bits per heavy atom. The van der Waals surface area contributed by atoms with Crippen molar-refractivity contribution >= 4 is 0 Å². The highest BCUT2D eigenvalue weighted by atomic mass is 16.6. The number of rotatable bonds is 6. The van der Waals surface area contributed by atoms with E-state index in [1.165, 1.54) is 0 Å². The molecule has 17 heavy (non-hydrogen) atoms. The van der Waals surface area contributed by atoms with Crippen molar-refractivity contribution < 1.29 is 4.63 Å². The average molecular weight is 235 g/mol. The van der Waals surface area contributed by atoms with Crippen molar-refractivity contribution in [3.8, 4) is 0 Å². The van der Waals surface area contributed by atoms with Crippen molar-refractivity contribution in [3.05, 3.63) is 29.8 Å². The molecule has 0 aliphatic rings. The highest BCUT2D eigenvalue weighted by Crippen LogP contribution is 2.02. The van der Waals surface area contributed by atoms with Gasteiger partial charge in [-0.15, -0.1) is 0 Å². The van der Waals surface area contributed by atoms with E-state index in [-0.39, 0.29) is 0 Å². The van der Waals surface area contributed by atoms with Crippen LogP contribution in [0.2, 0.25) is 0 Å². The lowest BCUT2D eigenvalue weighted by Gasteiger charge is -2.12. The van der Waals surface area contributed by atoms with E-state index < -0.39 is 0 Å². The van der Waals surface area contributed by atoms with Gasteiger partial charge < -0.3 is 5.32 Å². The maximum absolute atomic E-state index is 4.64. The third-order valence-corrected chi connectivity index (χ3v) is 2.71. The van der Waals surface area contributed by atoms with Crippen molar-refractivity contribution in [2.45, 2.75) is 39.4 Å². The van der Waals surface area contributed by atoms with Gasteiger partial charge in [0.2, 0.25) is 0 Å². The zero-order valence-corrected chi connectivity index (χ0v) is 10.1. The van der Waals surface area contributed by atoms with Crippen molar-refractivity contribution in [1.29, 1.82) is 0 Å². The maximum atomic E-state index is 4.64. The smallest absolute Gasteiger partial charge is 0.121 e. The van der Waals surface area contributed by atoms with Crippen LogP contribution in [-0.2, 0) is 13.1 Å². The Bertz CT molecular complexity index is 436. The van der Waals surface area contributed by atoms with Gasteiger partial charge in [0.05, 0.1) is 0 Å². The zero-order chi connectivity index (χ0) is 12.1. The normalized spacial score (nSPS) is 12.8. The second-order valence-electron chi connectivity index (χ2n) is 4.14. The summed E-state index contributed by atoms with van der Waals surface area (Å²) in [6.45, 7) is 5.64. The SMILES string of the molecule is Cc1nonc1CN[C@H](C)CCn1cccn1. The quantitative estimate of drug-likeness (QED) is 0.813. The van der Waals surface area contributed by atoms with Gasteiger partial charge in [0.1, 0.15) is 11.4 Å². The summed E-state index contributed by atoms with van der Waals surface area (Å²) in [4.78, 5) is 0. The lowest BCUT2D eigenvalue weighted by Crippen LogP contribution is -2.27. The highest BCUT2D eigenvalue weighted by Gasteiger charge is 2.07. The van der Waals surface area contributed by atoms with Crippen LogP contribution in [-0.4, -0.2) is 26.1 Å². The van der Waals surface area contributed by atoms with Crippen molar-refractivity contribution in [3.63, 3.8) is 0 Å². The zero-order valence-electron chi connectivity index (χ0n) is 10.1. The molecule has 2 aromatic heterocycles. The molecular formula is C11H17N5O. The van der Waals surface area contributed by atoms with Crippen LogP contribution >= 0.6 is 0 Å². The van der Waals surface area contributed by atoms with Crippen molar-refractivity contribution in [1.82, 2.24) is 25.4 Å². The van der Waals surface area contributed by atoms with E-state index in [9.17, 15) is 0 Å². The van der Waals surface area contributed by atoms with E-state index in [0.717, 1.165) is 24.4 Å². The van der Waals surface area contributed by atoms with Gasteiger partial charge in [-0.2, -0.15) is 5.10 Å². The summed E-state index contributed by atoms with van der Waals surface area (Å²) in [5.74, 6) is 0. The molecule has 0 bridgehead atoms. The standard InChI is InChI=1S/C11H17N5O/c1-9(4-7-16-6-3-5-13-16)12-8-11-10(2)14-17-15-11/h3,5-6,9,12H,4,7-8H2,1-2H3/t9-/m1/s1. The maximum Gasteiger partial charge on any atom is 0.121 e. The Hall–Kier alpha value is -1.69. The first-order valence-electron chi connectivity index (χ1n) is 5.74. The van der Waals surface area contributed by atoms with Crippen LogP contribution in [0.25, 0.3) is 0 Å². The Morgan fingerprint density at radius 2 is 2.35 bits per heavy atom. The summed E-state index contributed by atoms with van der Waals surface area (Å²) in [7, 11) is 0. The number of hydrogen-bond acceptors (Lipinski definition) is 5. The van der Waals surface area contributed by atoms with Crippen LogP contribution < -0.4 is 5.32 Å². The van der Waals surface area contributed by atoms with E-state index >= 15 is 0 Å². The Kier molecular flexibility index (Phi) is 3.87. The molecule has 2 heterocycles. The minimum absolute atomic E-state index is 0.398. The summed E-state index contributed by atoms with van der Waals surface area (Å²) >= 11 is 0. The molecule has 2 aromatic rings. The Balaban J connectivity index is 1.71. The van der Waals surface area contributed by atoms with Gasteiger partial charge in [-0.05, 0) is 26.3 Å². The van der Waals surface area contributed by atoms with Crippen LogP contribution in [0, 0.1) is 6.92 Å². The molecule has 0 amide bonds. The molecule has 0 saturated carbocycles. The van der Waals surface area contributed by atoms with E-state index in [1.54, 1.807) is 6.20 Å². The number of aryl methyl sites for hydroxylation is 2. The van der Waals surface area contributed by atoms with E-state index in [4.69, 9.17) is 0 Å². The van der Waals surface area contributed by atoms with Gasteiger partial charge in [0, 0.05) is 31.5 Å². The molecule has 92 valence electrons. The second-order valence-corrected chi connectivity index (χ2v) is 4.14. The summed E-state index contributed by atoms with van der Waals surface area (Å²) in [6.07, 6.45) is 4.78. The first-order valence-corrected chi connectivity index (χ1v) is 5.74. The third-order valence-electron chi connectivity index (χ3n) is 2.71. The number of aromatic nitrogens is 4. The minimum Gasteiger partial charge on any atom is -0.308 e. The van der Waals surface area contributed by atoms with Gasteiger partial charge in [0.25, 0.3) is 0 Å². The molecule has 0 saturated heterocycles. The van der Waals surface area contributed by atoms with Gasteiger partial charge in [-0.25, -0.2) is 4.63 Å². The van der Waals surface area contributed by atoms with Gasteiger partial charge in [-0.3, -0.25) is 4.68 Å². The van der Waals surface area contributed by atoms with Crippen molar-refractivity contribution in [2.24, 2.45) is 0 Å². The van der Waals surface area contributed by atoms with Crippen LogP contribution in [0.15, 0.2) is 23.1 Å². The number of nitrogens with zero attached hydrogens (tertiary/aromatic N) is 4. The van der Waals surface area contributed by atoms with Gasteiger partial charge in [-0.1, -0.05) is 10.3 Å². The van der Waals surface area contributed by atoms with Crippen LogP contribution in [0.4, 0.5) is 0 Å². The molecule has 2 rings (SSSR count). The van der Waals surface area contributed by atoms with Crippen LogP contribution in [0.5, 0.6) is 0 Å². The molecule has 0 aliphatic carbocycles. The molecule has 1 atom stereocenters. The lowest BCUT2D eigenvalue weighted by atomic mass is 10.2. The number of hydrogen-bond donors (Lipinski definition) is 1. The first kappa shape index (κ1) is 11.8. The summed E-state index contributed by atoms with van der Waals surface area (Å²) in [5.41, 5.74) is 1.72. The van der Waals surface area contributed by atoms with E-state index in [2.05, 4.69) is 32.3 Å². The number of nitrogens with one attached hydrogen (secondary N) is 1. The van der Waals surface area contributed by atoms with Crippen LogP contribution in [0.3, 0.4) is 0 Å². The predicted molar refractivity (Wildman–Crippen MR) is 62.2 cm³/mol. The molecule has 0 aliphatic heterocycles. The molecule has 0 spiro atoms. The van der Waals surface area contributed by atoms with E-state index in [1.807, 2.05) is 23.9 Å². The van der Waals surface area contributed by atoms with Gasteiger partial charge in [0.15, 0.2) is 0 Å². The fourth-order valence-electron chi connectivity index (χ4n) is 1.54. The van der Waals surface area contributed by atoms with Gasteiger partial charge >= 0.3 is 0 Å². The lowest BCUT2D eigenvalue weighted by molar-refractivity contribution is 0.299. The van der Waals surface area contributed by atoms with Crippen molar-refractivity contribution in [2.75, 3.05) is 0 Å². The predicted octanol–water partition coefficient (Wildman–Crippen LogP) is 1.14. The minimum atomic E-state index is 0.398. The molecular weight excluding hydrogens is 218 g/mol. The fraction of sp³-hybridized carbons (Fsp3) is 0.545. The Morgan fingerprint density at radius 1 is 1.47 bits per heavy atom. The summed E-state index contributed by atoms with van der Waals surface area (Å²) in [5, 5.41) is 15.1. The fourth-order valence-corrected chi connectivity index (χ4v) is 1.54. The highest BCUT2D eigenvalue weighted by molar-refractivity contribution is 5.03. The molecule has 0 fully saturated rings. The largest absolute Gasteiger partial charge is 0.308 e. The molecule has 0 aromatic carbocycles. The monoisotopic (exact) mass is 235 g/mol. The first-order chi connectivity index (χ1) is 8.25. The molecule has 6 heteroatoms. The molecule has 0 unspecified atom stereocenters.